The van der Waals surface area contributed by atoms with E-state index in [-0.39, 0.29) is 17.7 Å². The Morgan fingerprint density at radius 2 is 1.92 bits per heavy atom. The van der Waals surface area contributed by atoms with Crippen molar-refractivity contribution in [2.24, 2.45) is 5.92 Å². The van der Waals surface area contributed by atoms with Gasteiger partial charge in [0.25, 0.3) is 0 Å². The lowest BCUT2D eigenvalue weighted by molar-refractivity contribution is -0.143. The second-order valence-corrected chi connectivity index (χ2v) is 6.89. The minimum Gasteiger partial charge on any atom is -0.353 e. The first kappa shape index (κ1) is 17.6. The second-order valence-electron chi connectivity index (χ2n) is 6.89. The van der Waals surface area contributed by atoms with Gasteiger partial charge in [0, 0.05) is 56.9 Å². The summed E-state index contributed by atoms with van der Waals surface area (Å²) in [4.78, 5) is 39.3. The average Bonchev–Trinajstić information content (AvgIpc) is 2.64. The number of hydrogen-bond acceptors (Lipinski definition) is 5. The van der Waals surface area contributed by atoms with Gasteiger partial charge in [0.05, 0.1) is 5.92 Å². The number of piperazine rings is 1. The van der Waals surface area contributed by atoms with Crippen LogP contribution in [0.2, 0.25) is 0 Å². The Labute approximate surface area is 149 Å². The van der Waals surface area contributed by atoms with E-state index in [1.54, 1.807) is 11.2 Å². The number of piperidine rings is 1. The summed E-state index contributed by atoms with van der Waals surface area (Å²) in [6.45, 7) is 10.2. The number of carbonyl (C=O) groups is 2. The van der Waals surface area contributed by atoms with Gasteiger partial charge in [-0.3, -0.25) is 9.59 Å². The summed E-state index contributed by atoms with van der Waals surface area (Å²) in [6, 6.07) is 0. The molecule has 2 aliphatic rings. The van der Waals surface area contributed by atoms with Gasteiger partial charge < -0.3 is 14.7 Å². The van der Waals surface area contributed by atoms with Gasteiger partial charge in [-0.25, -0.2) is 9.97 Å². The van der Waals surface area contributed by atoms with Crippen LogP contribution in [0.3, 0.4) is 0 Å². The van der Waals surface area contributed by atoms with E-state index in [0.29, 0.717) is 39.0 Å². The van der Waals surface area contributed by atoms with Gasteiger partial charge in [-0.2, -0.15) is 0 Å². The molecule has 136 valence electrons. The Kier molecular flexibility index (Phi) is 5.20. The van der Waals surface area contributed by atoms with E-state index >= 15 is 0 Å². The molecule has 1 unspecified atom stereocenters. The minimum absolute atomic E-state index is 0.0489. The van der Waals surface area contributed by atoms with Crippen LogP contribution >= 0.6 is 0 Å². The Balaban J connectivity index is 1.59. The predicted molar refractivity (Wildman–Crippen MR) is 95.3 cm³/mol. The van der Waals surface area contributed by atoms with Crippen molar-refractivity contribution in [3.63, 3.8) is 0 Å². The Bertz CT molecular complexity index is 655. The minimum atomic E-state index is -0.0489. The molecule has 2 fully saturated rings. The molecule has 2 saturated heterocycles. The van der Waals surface area contributed by atoms with Crippen LogP contribution in [-0.4, -0.2) is 70.9 Å². The quantitative estimate of drug-likeness (QED) is 0.817. The van der Waals surface area contributed by atoms with Crippen molar-refractivity contribution in [3.8, 4) is 0 Å². The van der Waals surface area contributed by atoms with Crippen molar-refractivity contribution in [1.82, 2.24) is 19.8 Å². The first-order chi connectivity index (χ1) is 12.0. The Hall–Kier alpha value is -2.18. The summed E-state index contributed by atoms with van der Waals surface area (Å²) >= 11 is 0. The zero-order chi connectivity index (χ0) is 18.0. The van der Waals surface area contributed by atoms with Gasteiger partial charge in [0.2, 0.25) is 11.8 Å². The number of nitrogens with zero attached hydrogens (tertiary/aromatic N) is 5. The van der Waals surface area contributed by atoms with E-state index in [2.05, 4.69) is 14.9 Å². The third-order valence-corrected chi connectivity index (χ3v) is 5.43. The first-order valence-electron chi connectivity index (χ1n) is 9.11. The van der Waals surface area contributed by atoms with Gasteiger partial charge >= 0.3 is 0 Å². The monoisotopic (exact) mass is 345 g/mol. The van der Waals surface area contributed by atoms with Gasteiger partial charge in [-0.05, 0) is 27.2 Å². The van der Waals surface area contributed by atoms with Crippen molar-refractivity contribution >= 4 is 17.6 Å². The molecule has 0 saturated carbocycles. The van der Waals surface area contributed by atoms with E-state index in [9.17, 15) is 9.59 Å². The number of rotatable bonds is 3. The lowest BCUT2D eigenvalue weighted by Crippen LogP contribution is -2.53. The fraction of sp³-hybridized carbons (Fsp3) is 0.667. The summed E-state index contributed by atoms with van der Waals surface area (Å²) in [6.07, 6.45) is 2.77. The highest BCUT2D eigenvalue weighted by atomic mass is 16.2. The summed E-state index contributed by atoms with van der Waals surface area (Å²) in [5, 5.41) is 0. The van der Waals surface area contributed by atoms with Crippen molar-refractivity contribution in [1.29, 1.82) is 0 Å². The zero-order valence-electron chi connectivity index (χ0n) is 15.4. The summed E-state index contributed by atoms with van der Waals surface area (Å²) in [7, 11) is 0. The van der Waals surface area contributed by atoms with Crippen LogP contribution in [0.15, 0.2) is 6.33 Å². The molecule has 0 radical (unpaired) electrons. The van der Waals surface area contributed by atoms with Gasteiger partial charge in [-0.1, -0.05) is 0 Å². The van der Waals surface area contributed by atoms with Crippen molar-refractivity contribution in [2.45, 2.75) is 33.6 Å². The highest BCUT2D eigenvalue weighted by molar-refractivity contribution is 5.84. The number of carbonyl (C=O) groups excluding carboxylic acids is 2. The third kappa shape index (κ3) is 3.60. The molecule has 25 heavy (non-hydrogen) atoms. The van der Waals surface area contributed by atoms with Crippen LogP contribution in [0.25, 0.3) is 0 Å². The van der Waals surface area contributed by atoms with E-state index in [0.717, 1.165) is 30.2 Å². The third-order valence-electron chi connectivity index (χ3n) is 5.43. The van der Waals surface area contributed by atoms with Crippen LogP contribution in [0.1, 0.15) is 31.0 Å². The number of aromatic nitrogens is 2. The number of aryl methyl sites for hydroxylation is 1. The van der Waals surface area contributed by atoms with Crippen molar-refractivity contribution in [3.05, 3.63) is 17.6 Å². The van der Waals surface area contributed by atoms with Crippen LogP contribution < -0.4 is 4.90 Å². The molecule has 0 N–H and O–H groups in total. The molecular formula is C18H27N5O2. The standard InChI is InChI=1S/C18H27N5O2/c1-4-21-11-15(5-6-16(21)24)18(25)23-9-7-22(8-10-23)17-13(2)14(3)19-12-20-17/h12,15H,4-11H2,1-3H3. The fourth-order valence-corrected chi connectivity index (χ4v) is 3.66. The summed E-state index contributed by atoms with van der Waals surface area (Å²) in [5.41, 5.74) is 2.10. The normalized spacial score (nSPS) is 21.6. The first-order valence-corrected chi connectivity index (χ1v) is 9.11. The number of anilines is 1. The van der Waals surface area contributed by atoms with E-state index in [4.69, 9.17) is 0 Å². The molecule has 0 aromatic carbocycles. The fourth-order valence-electron chi connectivity index (χ4n) is 3.66. The molecular weight excluding hydrogens is 318 g/mol. The van der Waals surface area contributed by atoms with Gasteiger partial charge in [0.1, 0.15) is 12.1 Å². The molecule has 7 nitrogen and oxygen atoms in total. The Morgan fingerprint density at radius 3 is 2.60 bits per heavy atom. The molecule has 7 heteroatoms. The predicted octanol–water partition coefficient (Wildman–Crippen LogP) is 1.00. The number of likely N-dealkylation sites (tertiary alicyclic amines) is 1. The molecule has 2 amide bonds. The van der Waals surface area contributed by atoms with Crippen LogP contribution in [-0.2, 0) is 9.59 Å². The smallest absolute Gasteiger partial charge is 0.227 e. The molecule has 2 aliphatic heterocycles. The van der Waals surface area contributed by atoms with Gasteiger partial charge in [-0.15, -0.1) is 0 Å². The van der Waals surface area contributed by atoms with Crippen LogP contribution in [0, 0.1) is 19.8 Å². The summed E-state index contributed by atoms with van der Waals surface area (Å²) in [5.74, 6) is 1.29. The topological polar surface area (TPSA) is 69.6 Å². The molecule has 0 spiro atoms. The maximum atomic E-state index is 12.8. The molecule has 1 aromatic rings. The maximum Gasteiger partial charge on any atom is 0.227 e. The maximum absolute atomic E-state index is 12.8. The SMILES string of the molecule is CCN1CC(C(=O)N2CCN(c3ncnc(C)c3C)CC2)CCC1=O. The lowest BCUT2D eigenvalue weighted by Gasteiger charge is -2.39. The lowest BCUT2D eigenvalue weighted by atomic mass is 9.95. The zero-order valence-corrected chi connectivity index (χ0v) is 15.4. The summed E-state index contributed by atoms with van der Waals surface area (Å²) < 4.78 is 0. The van der Waals surface area contributed by atoms with Crippen LogP contribution in [0.4, 0.5) is 5.82 Å². The van der Waals surface area contributed by atoms with E-state index in [1.807, 2.05) is 25.7 Å². The van der Waals surface area contributed by atoms with Crippen LogP contribution in [0.5, 0.6) is 0 Å². The number of amides is 2. The van der Waals surface area contributed by atoms with E-state index in [1.165, 1.54) is 0 Å². The molecule has 0 bridgehead atoms. The highest BCUT2D eigenvalue weighted by Gasteiger charge is 2.33. The van der Waals surface area contributed by atoms with Crippen molar-refractivity contribution in [2.75, 3.05) is 44.2 Å². The molecule has 3 heterocycles. The number of hydrogen-bond donors (Lipinski definition) is 0. The molecule has 1 atom stereocenters. The molecule has 1 aromatic heterocycles. The second kappa shape index (κ2) is 7.37. The van der Waals surface area contributed by atoms with E-state index < -0.39 is 0 Å². The average molecular weight is 345 g/mol. The molecule has 3 rings (SSSR count). The Morgan fingerprint density at radius 1 is 1.20 bits per heavy atom. The molecule has 0 aliphatic carbocycles. The highest BCUT2D eigenvalue weighted by Crippen LogP contribution is 2.23. The van der Waals surface area contributed by atoms with Gasteiger partial charge in [0.15, 0.2) is 0 Å². The largest absolute Gasteiger partial charge is 0.353 e. The van der Waals surface area contributed by atoms with Crippen molar-refractivity contribution < 1.29 is 9.59 Å².